The van der Waals surface area contributed by atoms with Crippen LogP contribution in [0.25, 0.3) is 0 Å². The first-order valence-corrected chi connectivity index (χ1v) is 0.671. The molecule has 0 rings (SSSR count). The molecule has 0 unspecified atom stereocenters. The SMILES string of the molecule is N.[C-]#N.[C-]#N.[C-]#N.[Fe+2].[K+]. The third kappa shape index (κ3) is 1090. The molecule has 0 radical (unpaired) electrons. The molecule has 0 saturated carbocycles. The van der Waals surface area contributed by atoms with Crippen molar-refractivity contribution in [3.63, 3.8) is 0 Å². The molecule has 6 heteroatoms. The van der Waals surface area contributed by atoms with Crippen LogP contribution in [-0.4, -0.2) is 0 Å². The zero-order valence-electron chi connectivity index (χ0n) is 4.90. The van der Waals surface area contributed by atoms with Crippen LogP contribution in [0.4, 0.5) is 0 Å². The van der Waals surface area contributed by atoms with E-state index in [1.165, 1.54) is 0 Å². The second kappa shape index (κ2) is 1440. The van der Waals surface area contributed by atoms with Gasteiger partial charge in [-0.15, -0.1) is 0 Å². The fraction of sp³-hybridized carbons (Fsp3) is 0. The third-order valence-electron chi connectivity index (χ3n) is 0. The smallest absolute Gasteiger partial charge is 0.512 e. The Bertz CT molecular complexity index is 44.3. The van der Waals surface area contributed by atoms with E-state index in [4.69, 9.17) is 35.5 Å². The standard InChI is InChI=1S/3CN.Fe.K.H3N/c3*1-2;;;/h;;;;;1H3/q3*-1;+2;+1;. The van der Waals surface area contributed by atoms with Crippen molar-refractivity contribution in [2.24, 2.45) is 0 Å². The Morgan fingerprint density at radius 2 is 0.667 bits per heavy atom. The summed E-state index contributed by atoms with van der Waals surface area (Å²) in [7, 11) is 0. The van der Waals surface area contributed by atoms with Crippen LogP contribution < -0.4 is 57.5 Å². The molecule has 4 nitrogen and oxygen atoms in total. The normalized spacial score (nSPS) is 0.667. The minimum atomic E-state index is 0. The van der Waals surface area contributed by atoms with Crippen LogP contribution in [0.15, 0.2) is 0 Å². The minimum absolute atomic E-state index is 0. The fourth-order valence-corrected chi connectivity index (χ4v) is 0. The van der Waals surface area contributed by atoms with E-state index in [0.29, 0.717) is 0 Å². The summed E-state index contributed by atoms with van der Waals surface area (Å²) in [5, 5.41) is 18.8. The Morgan fingerprint density at radius 1 is 0.667 bits per heavy atom. The Labute approximate surface area is 108 Å². The van der Waals surface area contributed by atoms with Crippen molar-refractivity contribution >= 4 is 0 Å². The van der Waals surface area contributed by atoms with Gasteiger partial charge in [-0.25, -0.2) is 0 Å². The summed E-state index contributed by atoms with van der Waals surface area (Å²) in [6.45, 7) is 14.2. The zero-order chi connectivity index (χ0) is 6.00. The van der Waals surface area contributed by atoms with E-state index in [-0.39, 0.29) is 74.6 Å². The third-order valence-corrected chi connectivity index (χ3v) is 0. The summed E-state index contributed by atoms with van der Waals surface area (Å²) >= 11 is 0. The van der Waals surface area contributed by atoms with Crippen molar-refractivity contribution < 1.29 is 68.5 Å². The van der Waals surface area contributed by atoms with E-state index in [1.54, 1.807) is 0 Å². The van der Waals surface area contributed by atoms with Crippen molar-refractivity contribution in [2.75, 3.05) is 0 Å². The van der Waals surface area contributed by atoms with Crippen molar-refractivity contribution in [1.29, 1.82) is 15.8 Å². The van der Waals surface area contributed by atoms with Gasteiger partial charge >= 0.3 is 68.5 Å². The molecule has 0 aromatic rings. The summed E-state index contributed by atoms with van der Waals surface area (Å²) in [6.07, 6.45) is 0. The molecule has 0 aliphatic heterocycles. The molecular formula is C3H3FeKN4. The molecule has 0 fully saturated rings. The second-order valence-electron chi connectivity index (χ2n) is 0. The van der Waals surface area contributed by atoms with Crippen molar-refractivity contribution in [3.05, 3.63) is 19.7 Å². The van der Waals surface area contributed by atoms with Gasteiger partial charge in [0.2, 0.25) is 0 Å². The van der Waals surface area contributed by atoms with Crippen LogP contribution in [-0.2, 0) is 17.1 Å². The van der Waals surface area contributed by atoms with Crippen LogP contribution in [0, 0.1) is 35.5 Å². The van der Waals surface area contributed by atoms with Gasteiger partial charge in [-0.1, -0.05) is 0 Å². The number of rotatable bonds is 0. The summed E-state index contributed by atoms with van der Waals surface area (Å²) < 4.78 is 0. The minimum Gasteiger partial charge on any atom is -0.512 e. The Hall–Kier alpha value is 0.586. The van der Waals surface area contributed by atoms with Crippen molar-refractivity contribution in [3.8, 4) is 0 Å². The topological polar surface area (TPSA) is 106 Å². The van der Waals surface area contributed by atoms with Gasteiger partial charge in [0.05, 0.1) is 0 Å². The van der Waals surface area contributed by atoms with Crippen LogP contribution in [0.5, 0.6) is 0 Å². The van der Waals surface area contributed by atoms with Crippen molar-refractivity contribution in [2.45, 2.75) is 0 Å². The number of hydrogen-bond donors (Lipinski definition) is 1. The van der Waals surface area contributed by atoms with E-state index in [0.717, 1.165) is 0 Å². The molecule has 44 valence electrons. The predicted octanol–water partition coefficient (Wildman–Crippen LogP) is -2.55. The van der Waals surface area contributed by atoms with Gasteiger partial charge in [0.25, 0.3) is 0 Å². The summed E-state index contributed by atoms with van der Waals surface area (Å²) in [5.74, 6) is 0. The molecule has 0 spiro atoms. The molecule has 0 aromatic heterocycles. The quantitative estimate of drug-likeness (QED) is 0.335. The monoisotopic (exact) mass is 190 g/mol. The van der Waals surface area contributed by atoms with Crippen LogP contribution in [0.3, 0.4) is 0 Å². The maximum atomic E-state index is 6.25. The maximum Gasteiger partial charge on any atom is 2.00 e. The zero-order valence-corrected chi connectivity index (χ0v) is 9.13. The van der Waals surface area contributed by atoms with E-state index in [1.807, 2.05) is 0 Å². The van der Waals surface area contributed by atoms with E-state index in [2.05, 4.69) is 0 Å². The Balaban J connectivity index is -0.00000000321. The fourth-order valence-electron chi connectivity index (χ4n) is 0. The van der Waals surface area contributed by atoms with Crippen molar-refractivity contribution in [1.82, 2.24) is 6.15 Å². The van der Waals surface area contributed by atoms with Gasteiger partial charge < -0.3 is 41.7 Å². The molecular weight excluding hydrogens is 187 g/mol. The summed E-state index contributed by atoms with van der Waals surface area (Å²) in [6, 6.07) is 0. The molecule has 0 aliphatic rings. The van der Waals surface area contributed by atoms with Gasteiger partial charge in [-0.05, 0) is 0 Å². The maximum absolute atomic E-state index is 6.25. The first kappa shape index (κ1) is 55.0. The largest absolute Gasteiger partial charge is 2.00 e. The van der Waals surface area contributed by atoms with Crippen LogP contribution >= 0.6 is 0 Å². The van der Waals surface area contributed by atoms with Crippen LogP contribution in [0.2, 0.25) is 0 Å². The molecule has 0 saturated heterocycles. The molecule has 0 atom stereocenters. The average Bonchev–Trinajstić information content (AvgIpc) is 1.81. The van der Waals surface area contributed by atoms with E-state index >= 15 is 0 Å². The predicted molar refractivity (Wildman–Crippen MR) is 19.9 cm³/mol. The van der Waals surface area contributed by atoms with E-state index < -0.39 is 0 Å². The molecule has 9 heavy (non-hydrogen) atoms. The first-order chi connectivity index (χ1) is 3.00. The molecule has 0 aliphatic carbocycles. The Morgan fingerprint density at radius 3 is 0.667 bits per heavy atom. The van der Waals surface area contributed by atoms with Gasteiger partial charge in [0.15, 0.2) is 0 Å². The number of nitrogens with zero attached hydrogens (tertiary/aromatic N) is 3. The molecule has 0 bridgehead atoms. The first-order valence-electron chi connectivity index (χ1n) is 0.671. The Kier molecular flexibility index (Phi) is 8790. The average molecular weight is 190 g/mol. The van der Waals surface area contributed by atoms with Gasteiger partial charge in [-0.3, -0.25) is 0 Å². The van der Waals surface area contributed by atoms with Gasteiger partial charge in [0, 0.05) is 0 Å². The van der Waals surface area contributed by atoms with Gasteiger partial charge in [0.1, 0.15) is 0 Å². The van der Waals surface area contributed by atoms with Gasteiger partial charge in [-0.2, -0.15) is 0 Å². The number of hydrogen-bond acceptors (Lipinski definition) is 4. The van der Waals surface area contributed by atoms with E-state index in [9.17, 15) is 0 Å². The molecule has 0 aromatic carbocycles. The van der Waals surface area contributed by atoms with Crippen LogP contribution in [0.1, 0.15) is 0 Å². The molecule has 0 amide bonds. The summed E-state index contributed by atoms with van der Waals surface area (Å²) in [5.41, 5.74) is 0. The second-order valence-corrected chi connectivity index (χ2v) is 0. The molecule has 0 heterocycles. The summed E-state index contributed by atoms with van der Waals surface area (Å²) in [4.78, 5) is 0. The molecule has 3 N–H and O–H groups in total.